The van der Waals surface area contributed by atoms with E-state index in [-0.39, 0.29) is 17.4 Å². The molecule has 0 aromatic heterocycles. The highest BCUT2D eigenvalue weighted by atomic mass is 16.5. The largest absolute Gasteiger partial charge is 0.489 e. The van der Waals surface area contributed by atoms with Crippen molar-refractivity contribution in [1.82, 2.24) is 15.5 Å². The molecule has 2 aliphatic carbocycles. The van der Waals surface area contributed by atoms with Crippen LogP contribution in [0.15, 0.2) is 42.5 Å². The second-order valence-corrected chi connectivity index (χ2v) is 12.8. The minimum absolute atomic E-state index is 0.219. The second-order valence-electron chi connectivity index (χ2n) is 12.8. The quantitative estimate of drug-likeness (QED) is 0.322. The molecule has 1 aliphatic heterocycles. The maximum Gasteiger partial charge on any atom is 0.243 e. The third-order valence-electron chi connectivity index (χ3n) is 9.20. The van der Waals surface area contributed by atoms with Gasteiger partial charge < -0.3 is 10.1 Å². The molecular formula is C33H43N3O4. The lowest BCUT2D eigenvalue weighted by molar-refractivity contribution is -0.137. The summed E-state index contributed by atoms with van der Waals surface area (Å²) < 4.78 is 6.20. The van der Waals surface area contributed by atoms with Gasteiger partial charge in [0.05, 0.1) is 6.04 Å². The number of imide groups is 1. The summed E-state index contributed by atoms with van der Waals surface area (Å²) in [5.74, 6) is 2.70. The van der Waals surface area contributed by atoms with E-state index in [2.05, 4.69) is 48.7 Å². The van der Waals surface area contributed by atoms with Crippen LogP contribution in [0.3, 0.4) is 0 Å². The lowest BCUT2D eigenvalue weighted by Gasteiger charge is -2.47. The van der Waals surface area contributed by atoms with Crippen molar-refractivity contribution >= 4 is 18.1 Å². The van der Waals surface area contributed by atoms with Gasteiger partial charge in [-0.05, 0) is 87.4 Å². The fourth-order valence-electron chi connectivity index (χ4n) is 7.42. The van der Waals surface area contributed by atoms with Crippen molar-refractivity contribution in [1.29, 1.82) is 0 Å². The van der Waals surface area contributed by atoms with Gasteiger partial charge in [0.1, 0.15) is 12.4 Å². The van der Waals surface area contributed by atoms with Gasteiger partial charge in [0.2, 0.25) is 11.8 Å². The predicted molar refractivity (Wildman–Crippen MR) is 155 cm³/mol. The number of fused-ring (bicyclic) bond motifs is 2. The Labute approximate surface area is 238 Å². The standard InChI is InChI=1S/C33H43N3O4/c1-22-13-25-15-26(14-22)17-33(2,16-25)34-18-23-7-9-24(10-8-23)21-40-30-6-4-5-27(20-37)28(30)19-36(3)29-11-12-31(38)35-32(29)39/h4-10,20,22,25-26,29,34H,11-19,21H2,1-3H3,(H,35,38,39). The van der Waals surface area contributed by atoms with E-state index in [1.807, 2.05) is 24.1 Å². The van der Waals surface area contributed by atoms with Crippen molar-refractivity contribution < 1.29 is 19.1 Å². The molecule has 2 saturated carbocycles. The van der Waals surface area contributed by atoms with Crippen LogP contribution < -0.4 is 15.4 Å². The van der Waals surface area contributed by atoms with E-state index >= 15 is 0 Å². The summed E-state index contributed by atoms with van der Waals surface area (Å²) in [6, 6.07) is 13.6. The maximum absolute atomic E-state index is 12.3. The molecule has 5 rings (SSSR count). The van der Waals surface area contributed by atoms with E-state index in [1.54, 1.807) is 6.07 Å². The monoisotopic (exact) mass is 545 g/mol. The molecule has 3 unspecified atom stereocenters. The Morgan fingerprint density at radius 2 is 1.75 bits per heavy atom. The first-order valence-corrected chi connectivity index (χ1v) is 14.8. The number of aldehydes is 1. The molecule has 40 heavy (non-hydrogen) atoms. The molecule has 3 aliphatic rings. The number of hydrogen-bond donors (Lipinski definition) is 2. The Morgan fingerprint density at radius 1 is 1.05 bits per heavy atom. The van der Waals surface area contributed by atoms with Crippen LogP contribution in [0.4, 0.5) is 0 Å². The van der Waals surface area contributed by atoms with Crippen LogP contribution in [0.2, 0.25) is 0 Å². The van der Waals surface area contributed by atoms with E-state index in [9.17, 15) is 14.4 Å². The third kappa shape index (κ3) is 6.81. The van der Waals surface area contributed by atoms with Crippen molar-refractivity contribution in [3.8, 4) is 5.75 Å². The number of nitrogens with one attached hydrogen (secondary N) is 2. The summed E-state index contributed by atoms with van der Waals surface area (Å²) in [4.78, 5) is 37.6. The topological polar surface area (TPSA) is 87.7 Å². The van der Waals surface area contributed by atoms with Gasteiger partial charge in [-0.15, -0.1) is 0 Å². The summed E-state index contributed by atoms with van der Waals surface area (Å²) >= 11 is 0. The number of piperidine rings is 1. The minimum Gasteiger partial charge on any atom is -0.489 e. The molecule has 2 amide bonds. The van der Waals surface area contributed by atoms with E-state index in [1.165, 1.54) is 37.7 Å². The zero-order valence-corrected chi connectivity index (χ0v) is 24.1. The average molecular weight is 546 g/mol. The number of benzene rings is 2. The highest BCUT2D eigenvalue weighted by Gasteiger charge is 2.40. The van der Waals surface area contributed by atoms with Crippen molar-refractivity contribution in [2.24, 2.45) is 17.8 Å². The molecule has 2 bridgehead atoms. The molecule has 3 atom stereocenters. The van der Waals surface area contributed by atoms with Gasteiger partial charge in [-0.25, -0.2) is 0 Å². The molecule has 0 radical (unpaired) electrons. The Morgan fingerprint density at radius 3 is 2.42 bits per heavy atom. The number of amides is 2. The molecular weight excluding hydrogens is 502 g/mol. The van der Waals surface area contributed by atoms with E-state index in [0.717, 1.165) is 41.7 Å². The smallest absolute Gasteiger partial charge is 0.243 e. The highest BCUT2D eigenvalue weighted by Crippen LogP contribution is 2.46. The van der Waals surface area contributed by atoms with Gasteiger partial charge in [0.15, 0.2) is 6.29 Å². The van der Waals surface area contributed by atoms with Gasteiger partial charge in [0.25, 0.3) is 0 Å². The molecule has 2 aromatic carbocycles. The van der Waals surface area contributed by atoms with Crippen LogP contribution in [0.25, 0.3) is 0 Å². The number of carbonyl (C=O) groups is 3. The SMILES string of the molecule is CC1CC2CC(C1)CC(C)(NCc1ccc(COc3cccc(C=O)c3CN(C)C3CCC(=O)NC3=O)cc1)C2. The van der Waals surface area contributed by atoms with Crippen LogP contribution >= 0.6 is 0 Å². The summed E-state index contributed by atoms with van der Waals surface area (Å²) in [5.41, 5.74) is 3.82. The van der Waals surface area contributed by atoms with Crippen LogP contribution in [-0.4, -0.2) is 41.6 Å². The Hall–Kier alpha value is -3.03. The summed E-state index contributed by atoms with van der Waals surface area (Å²) in [6.45, 7) is 6.43. The first kappa shape index (κ1) is 28.5. The predicted octanol–water partition coefficient (Wildman–Crippen LogP) is 5.01. The molecule has 0 spiro atoms. The van der Waals surface area contributed by atoms with Crippen molar-refractivity contribution in [3.63, 3.8) is 0 Å². The van der Waals surface area contributed by atoms with Crippen molar-refractivity contribution in [2.45, 2.75) is 90.1 Å². The Kier molecular flexibility index (Phi) is 8.71. The molecule has 214 valence electrons. The summed E-state index contributed by atoms with van der Waals surface area (Å²) in [5, 5.41) is 6.30. The number of ether oxygens (including phenoxy) is 1. The van der Waals surface area contributed by atoms with E-state index < -0.39 is 6.04 Å². The summed E-state index contributed by atoms with van der Waals surface area (Å²) in [6.07, 6.45) is 8.33. The molecule has 2 N–H and O–H groups in total. The zero-order chi connectivity index (χ0) is 28.3. The number of nitrogens with zero attached hydrogens (tertiary/aromatic N) is 1. The van der Waals surface area contributed by atoms with Gasteiger partial charge in [0, 0.05) is 36.2 Å². The zero-order valence-electron chi connectivity index (χ0n) is 24.1. The van der Waals surface area contributed by atoms with Gasteiger partial charge >= 0.3 is 0 Å². The highest BCUT2D eigenvalue weighted by molar-refractivity contribution is 6.00. The summed E-state index contributed by atoms with van der Waals surface area (Å²) in [7, 11) is 1.83. The fourth-order valence-corrected chi connectivity index (χ4v) is 7.42. The van der Waals surface area contributed by atoms with Gasteiger partial charge in [-0.3, -0.25) is 24.6 Å². The van der Waals surface area contributed by atoms with Crippen molar-refractivity contribution in [2.75, 3.05) is 7.05 Å². The molecule has 1 heterocycles. The van der Waals surface area contributed by atoms with Crippen LogP contribution in [0.5, 0.6) is 5.75 Å². The van der Waals surface area contributed by atoms with E-state index in [0.29, 0.717) is 37.3 Å². The number of carbonyl (C=O) groups excluding carboxylic acids is 3. The fraction of sp³-hybridized carbons (Fsp3) is 0.545. The first-order chi connectivity index (χ1) is 19.2. The molecule has 2 aromatic rings. The lowest BCUT2D eigenvalue weighted by atomic mass is 9.62. The molecule has 1 saturated heterocycles. The first-order valence-electron chi connectivity index (χ1n) is 14.8. The third-order valence-corrected chi connectivity index (χ3v) is 9.20. The Bertz CT molecular complexity index is 1210. The normalized spacial score (nSPS) is 28.3. The van der Waals surface area contributed by atoms with Crippen LogP contribution in [0.1, 0.15) is 85.8 Å². The van der Waals surface area contributed by atoms with Crippen molar-refractivity contribution in [3.05, 3.63) is 64.7 Å². The average Bonchev–Trinajstić information content (AvgIpc) is 2.91. The van der Waals surface area contributed by atoms with Gasteiger partial charge in [-0.2, -0.15) is 0 Å². The number of hydrogen-bond acceptors (Lipinski definition) is 6. The minimum atomic E-state index is -0.426. The maximum atomic E-state index is 12.3. The number of likely N-dealkylation sites (N-methyl/N-ethyl adjacent to an activating group) is 1. The van der Waals surface area contributed by atoms with Crippen LogP contribution in [0, 0.1) is 17.8 Å². The second kappa shape index (κ2) is 12.2. The lowest BCUT2D eigenvalue weighted by Crippen LogP contribution is -2.51. The van der Waals surface area contributed by atoms with E-state index in [4.69, 9.17) is 4.74 Å². The van der Waals surface area contributed by atoms with Crippen LogP contribution in [-0.2, 0) is 29.3 Å². The van der Waals surface area contributed by atoms with Gasteiger partial charge in [-0.1, -0.05) is 43.3 Å². The molecule has 3 fully saturated rings. The molecule has 7 nitrogen and oxygen atoms in total. The molecule has 7 heteroatoms. The Balaban J connectivity index is 1.18. The number of rotatable bonds is 10.